The number of phenolic OH excluding ortho intramolecular Hbond substituents is 1. The highest BCUT2D eigenvalue weighted by molar-refractivity contribution is 5.66. The van der Waals surface area contributed by atoms with Gasteiger partial charge in [-0.05, 0) is 47.6 Å². The summed E-state index contributed by atoms with van der Waals surface area (Å²) in [5, 5.41) is 9.39. The zero-order valence-corrected chi connectivity index (χ0v) is 12.0. The number of alkyl halides is 3. The van der Waals surface area contributed by atoms with E-state index in [9.17, 15) is 18.3 Å². The zero-order chi connectivity index (χ0) is 15.7. The van der Waals surface area contributed by atoms with Crippen LogP contribution in [0.2, 0.25) is 0 Å². The van der Waals surface area contributed by atoms with E-state index in [1.165, 1.54) is 37.3 Å². The number of hydrogen-bond donors (Lipinski definition) is 1. The number of hydrogen-bond acceptors (Lipinski definition) is 1. The van der Waals surface area contributed by atoms with Gasteiger partial charge in [0.2, 0.25) is 0 Å². The van der Waals surface area contributed by atoms with Gasteiger partial charge >= 0.3 is 6.18 Å². The number of aromatic hydroxyl groups is 1. The lowest BCUT2D eigenvalue weighted by Gasteiger charge is -2.13. The Morgan fingerprint density at radius 1 is 0.864 bits per heavy atom. The van der Waals surface area contributed by atoms with Crippen molar-refractivity contribution in [3.8, 4) is 16.9 Å². The van der Waals surface area contributed by atoms with Crippen LogP contribution in [0.15, 0.2) is 42.5 Å². The van der Waals surface area contributed by atoms with E-state index in [0.717, 1.165) is 17.7 Å². The predicted octanol–water partition coefficient (Wildman–Crippen LogP) is 5.74. The molecule has 1 saturated carbocycles. The molecule has 0 radical (unpaired) electrons. The molecule has 1 aliphatic carbocycles. The van der Waals surface area contributed by atoms with Crippen molar-refractivity contribution in [3.63, 3.8) is 0 Å². The van der Waals surface area contributed by atoms with Crippen LogP contribution in [0.25, 0.3) is 11.1 Å². The molecular weight excluding hydrogens is 289 g/mol. The average molecular weight is 306 g/mol. The van der Waals surface area contributed by atoms with Gasteiger partial charge in [-0.25, -0.2) is 0 Å². The van der Waals surface area contributed by atoms with Crippen LogP contribution in [-0.4, -0.2) is 5.11 Å². The summed E-state index contributed by atoms with van der Waals surface area (Å²) in [6.07, 6.45) is 0.329. The van der Waals surface area contributed by atoms with Crippen molar-refractivity contribution >= 4 is 0 Å². The lowest BCUT2D eigenvalue weighted by atomic mass is 9.94. The monoisotopic (exact) mass is 306 g/mol. The van der Waals surface area contributed by atoms with E-state index in [1.807, 2.05) is 24.3 Å². The van der Waals surface area contributed by atoms with Gasteiger partial charge < -0.3 is 5.11 Å². The molecule has 0 heterocycles. The fraction of sp³-hybridized carbons (Fsp3) is 0.333. The number of rotatable bonds is 2. The van der Waals surface area contributed by atoms with Gasteiger partial charge in [-0.15, -0.1) is 0 Å². The Kier molecular flexibility index (Phi) is 3.85. The van der Waals surface area contributed by atoms with E-state index in [1.54, 1.807) is 0 Å². The van der Waals surface area contributed by atoms with Crippen LogP contribution in [0, 0.1) is 0 Å². The van der Waals surface area contributed by atoms with E-state index < -0.39 is 17.5 Å². The third-order valence-corrected chi connectivity index (χ3v) is 4.37. The molecule has 1 fully saturated rings. The van der Waals surface area contributed by atoms with Crippen molar-refractivity contribution in [1.82, 2.24) is 0 Å². The molecule has 2 aromatic rings. The molecule has 0 amide bonds. The second-order valence-electron chi connectivity index (χ2n) is 5.83. The molecule has 0 spiro atoms. The minimum Gasteiger partial charge on any atom is -0.507 e. The summed E-state index contributed by atoms with van der Waals surface area (Å²) in [7, 11) is 0. The van der Waals surface area contributed by atoms with Crippen molar-refractivity contribution in [2.45, 2.75) is 37.8 Å². The van der Waals surface area contributed by atoms with Crippen molar-refractivity contribution < 1.29 is 18.3 Å². The molecule has 0 bridgehead atoms. The maximum absolute atomic E-state index is 12.9. The fourth-order valence-electron chi connectivity index (χ4n) is 3.15. The van der Waals surface area contributed by atoms with E-state index >= 15 is 0 Å². The van der Waals surface area contributed by atoms with Crippen LogP contribution in [0.1, 0.15) is 42.7 Å². The van der Waals surface area contributed by atoms with Gasteiger partial charge in [0.25, 0.3) is 0 Å². The second-order valence-corrected chi connectivity index (χ2v) is 5.83. The lowest BCUT2D eigenvalue weighted by molar-refractivity contribution is -0.138. The summed E-state index contributed by atoms with van der Waals surface area (Å²) in [4.78, 5) is 0. The highest BCUT2D eigenvalue weighted by Gasteiger charge is 2.34. The summed E-state index contributed by atoms with van der Waals surface area (Å²) in [6, 6.07) is 11.3. The standard InChI is InChI=1S/C18H17F3O/c19-18(20,21)16-11-15(9-10-17(16)22)14-7-5-13(6-8-14)12-3-1-2-4-12/h5-12,22H,1-4H2. The van der Waals surface area contributed by atoms with Gasteiger partial charge in [0.15, 0.2) is 0 Å². The van der Waals surface area contributed by atoms with E-state index in [0.29, 0.717) is 11.5 Å². The molecule has 0 atom stereocenters. The van der Waals surface area contributed by atoms with Crippen LogP contribution >= 0.6 is 0 Å². The Hall–Kier alpha value is -1.97. The number of phenols is 1. The van der Waals surface area contributed by atoms with Crippen LogP contribution in [0.5, 0.6) is 5.75 Å². The van der Waals surface area contributed by atoms with Crippen molar-refractivity contribution in [2.75, 3.05) is 0 Å². The minimum atomic E-state index is -4.55. The third kappa shape index (κ3) is 2.96. The van der Waals surface area contributed by atoms with Gasteiger partial charge in [0.1, 0.15) is 5.75 Å². The molecule has 0 unspecified atom stereocenters. The smallest absolute Gasteiger partial charge is 0.419 e. The Bertz CT molecular complexity index is 653. The van der Waals surface area contributed by atoms with Gasteiger partial charge in [0.05, 0.1) is 5.56 Å². The van der Waals surface area contributed by atoms with Crippen molar-refractivity contribution in [3.05, 3.63) is 53.6 Å². The van der Waals surface area contributed by atoms with Gasteiger partial charge in [0, 0.05) is 0 Å². The molecule has 4 heteroatoms. The average Bonchev–Trinajstić information content (AvgIpc) is 3.01. The normalized spacial score (nSPS) is 16.1. The second kappa shape index (κ2) is 5.67. The first-order valence-electron chi connectivity index (χ1n) is 7.46. The minimum absolute atomic E-state index is 0.461. The summed E-state index contributed by atoms with van der Waals surface area (Å²) in [6.45, 7) is 0. The molecule has 0 aromatic heterocycles. The molecule has 0 aliphatic heterocycles. The first-order valence-corrected chi connectivity index (χ1v) is 7.46. The van der Waals surface area contributed by atoms with E-state index in [4.69, 9.17) is 0 Å². The molecule has 0 saturated heterocycles. The number of halogens is 3. The van der Waals surface area contributed by atoms with Gasteiger partial charge in [-0.3, -0.25) is 0 Å². The third-order valence-electron chi connectivity index (χ3n) is 4.37. The quantitative estimate of drug-likeness (QED) is 0.750. The fourth-order valence-corrected chi connectivity index (χ4v) is 3.15. The van der Waals surface area contributed by atoms with E-state index in [2.05, 4.69) is 0 Å². The molecule has 2 aromatic carbocycles. The largest absolute Gasteiger partial charge is 0.507 e. The van der Waals surface area contributed by atoms with Crippen LogP contribution in [-0.2, 0) is 6.18 Å². The Labute approximate surface area is 127 Å². The zero-order valence-electron chi connectivity index (χ0n) is 12.0. The molecular formula is C18H17F3O. The molecule has 1 N–H and O–H groups in total. The number of benzene rings is 2. The maximum Gasteiger partial charge on any atom is 0.419 e. The van der Waals surface area contributed by atoms with E-state index in [-0.39, 0.29) is 0 Å². The molecule has 1 nitrogen and oxygen atoms in total. The highest BCUT2D eigenvalue weighted by atomic mass is 19.4. The SMILES string of the molecule is Oc1ccc(-c2ccc(C3CCCC3)cc2)cc1C(F)(F)F. The Morgan fingerprint density at radius 3 is 2.05 bits per heavy atom. The van der Waals surface area contributed by atoms with Crippen molar-refractivity contribution in [2.24, 2.45) is 0 Å². The topological polar surface area (TPSA) is 20.2 Å². The van der Waals surface area contributed by atoms with Crippen LogP contribution < -0.4 is 0 Å². The molecule has 116 valence electrons. The first kappa shape index (κ1) is 14.9. The van der Waals surface area contributed by atoms with Gasteiger partial charge in [-0.1, -0.05) is 43.2 Å². The molecule has 1 aliphatic rings. The van der Waals surface area contributed by atoms with Crippen LogP contribution in [0.3, 0.4) is 0 Å². The van der Waals surface area contributed by atoms with Gasteiger partial charge in [-0.2, -0.15) is 13.2 Å². The van der Waals surface area contributed by atoms with Crippen molar-refractivity contribution in [1.29, 1.82) is 0 Å². The predicted molar refractivity (Wildman–Crippen MR) is 79.8 cm³/mol. The van der Waals surface area contributed by atoms with Crippen LogP contribution in [0.4, 0.5) is 13.2 Å². The molecule has 3 rings (SSSR count). The Morgan fingerprint density at radius 2 is 1.45 bits per heavy atom. The summed E-state index contributed by atoms with van der Waals surface area (Å²) >= 11 is 0. The lowest BCUT2D eigenvalue weighted by Crippen LogP contribution is -2.05. The summed E-state index contributed by atoms with van der Waals surface area (Å²) in [5.41, 5.74) is 1.45. The highest BCUT2D eigenvalue weighted by Crippen LogP contribution is 2.39. The molecule has 22 heavy (non-hydrogen) atoms. The summed E-state index contributed by atoms with van der Waals surface area (Å²) in [5.74, 6) is -0.154. The Balaban J connectivity index is 1.91. The maximum atomic E-state index is 12.9. The first-order chi connectivity index (χ1) is 10.4. The summed E-state index contributed by atoms with van der Waals surface area (Å²) < 4.78 is 38.6.